The Balaban J connectivity index is 0.00000743. The zero-order valence-corrected chi connectivity index (χ0v) is 49.7. The van der Waals surface area contributed by atoms with Gasteiger partial charge in [0.2, 0.25) is 0 Å². The standard InChI is InChI=1S/C83H56N3.Ir/c1-57-50-83(86-56-80(57)61-30-12-5-13-31-61)66-44-47-75(79(55-66)60-28-10-4-11-29-60)72-36-18-15-33-69(72)63-41-40-62(68-32-14-17-35-71(68)74-45-42-64(81-38-20-22-48-84-81)53-77(74)58-24-6-2-7-25-58)51-67(52-63)70-34-16-19-37-73(70)76-46-43-65(82-39-21-23-49-85-82)54-78(76)59-26-8-3-9-27-59;/h2-39,41,45-56H,40H2,1H3;/q-3;+3/i1D3;. The van der Waals surface area contributed by atoms with Crippen molar-refractivity contribution in [1.29, 1.82) is 0 Å². The number of pyridine rings is 3. The van der Waals surface area contributed by atoms with E-state index in [1.807, 2.05) is 91.3 Å². The molecule has 14 rings (SSSR count). The fraction of sp³-hybridized carbons (Fsp3) is 0.0241. The Labute approximate surface area is 527 Å². The molecule has 412 valence electrons. The van der Waals surface area contributed by atoms with Crippen molar-refractivity contribution < 1.29 is 24.2 Å². The number of rotatable bonds is 13. The summed E-state index contributed by atoms with van der Waals surface area (Å²) >= 11 is 0. The number of aromatic nitrogens is 3. The van der Waals surface area contributed by atoms with Crippen LogP contribution >= 0.6 is 0 Å². The van der Waals surface area contributed by atoms with Crippen molar-refractivity contribution in [1.82, 2.24) is 15.0 Å². The smallest absolute Gasteiger partial charge is 0.305 e. The second-order valence-corrected chi connectivity index (χ2v) is 21.3. The van der Waals surface area contributed by atoms with Crippen LogP contribution in [-0.2, 0) is 20.1 Å². The van der Waals surface area contributed by atoms with E-state index in [2.05, 4.69) is 224 Å². The van der Waals surface area contributed by atoms with Crippen LogP contribution in [0.3, 0.4) is 0 Å². The molecule has 87 heavy (non-hydrogen) atoms. The van der Waals surface area contributed by atoms with Gasteiger partial charge in [-0.05, 0) is 110 Å². The van der Waals surface area contributed by atoms with Crippen LogP contribution in [0.15, 0.2) is 310 Å². The summed E-state index contributed by atoms with van der Waals surface area (Å²) in [5, 5.41) is 0. The topological polar surface area (TPSA) is 38.7 Å². The Morgan fingerprint density at radius 1 is 0.322 bits per heavy atom. The SMILES string of the molecule is [2H]C([2H])([2H])c1cc(-c2[c-]cc(-c3ccccc3C3=CCC(c4ccccc4-c4c[c-]c(-c5ccccn5)cc4-c4ccccc4)=CC(c4ccccc4-c4c[c-]c(-c5ccccn5)cc4-c4ccccc4)=C3)c(-c3ccccc3)c2)ncc1-c1ccccc1.[Ir+3]. The van der Waals surface area contributed by atoms with Gasteiger partial charge >= 0.3 is 20.1 Å². The number of hydrogen-bond donors (Lipinski definition) is 0. The van der Waals surface area contributed by atoms with Gasteiger partial charge in [0.05, 0.1) is 0 Å². The van der Waals surface area contributed by atoms with Crippen LogP contribution in [0.1, 0.15) is 32.8 Å². The molecule has 0 N–H and O–H groups in total. The normalized spacial score (nSPS) is 12.7. The summed E-state index contributed by atoms with van der Waals surface area (Å²) in [5.74, 6) is 0. The van der Waals surface area contributed by atoms with Crippen molar-refractivity contribution >= 4 is 16.7 Å². The quantitative estimate of drug-likeness (QED) is 0.108. The molecule has 1 aliphatic carbocycles. The first-order valence-corrected chi connectivity index (χ1v) is 28.9. The molecule has 4 heteroatoms. The number of aryl methyl sites for hydroxylation is 1. The van der Waals surface area contributed by atoms with E-state index >= 15 is 0 Å². The molecule has 0 atom stereocenters. The predicted molar refractivity (Wildman–Crippen MR) is 357 cm³/mol. The molecule has 0 saturated heterocycles. The zero-order chi connectivity index (χ0) is 60.1. The maximum absolute atomic E-state index is 8.65. The van der Waals surface area contributed by atoms with Gasteiger partial charge in [-0.1, -0.05) is 287 Å². The Kier molecular flexibility index (Phi) is 15.2. The van der Waals surface area contributed by atoms with Gasteiger partial charge in [0.1, 0.15) is 0 Å². The third-order valence-corrected chi connectivity index (χ3v) is 16.1. The number of hydrogen-bond acceptors (Lipinski definition) is 3. The van der Waals surface area contributed by atoms with Crippen molar-refractivity contribution in [3.8, 4) is 112 Å². The Morgan fingerprint density at radius 2 is 0.701 bits per heavy atom. The largest absolute Gasteiger partial charge is 3.00 e. The Bertz CT molecular complexity index is 4810. The third kappa shape index (κ3) is 11.6. The van der Waals surface area contributed by atoms with E-state index in [1.54, 1.807) is 12.3 Å². The first kappa shape index (κ1) is 52.1. The van der Waals surface area contributed by atoms with E-state index in [9.17, 15) is 0 Å². The van der Waals surface area contributed by atoms with Crippen LogP contribution in [0.2, 0.25) is 0 Å². The van der Waals surface area contributed by atoms with Crippen LogP contribution in [-0.4, -0.2) is 15.0 Å². The number of allylic oxidation sites excluding steroid dienone is 6. The molecule has 3 heterocycles. The second kappa shape index (κ2) is 25.4. The average Bonchev–Trinajstić information content (AvgIpc) is 1.39. The predicted octanol–water partition coefficient (Wildman–Crippen LogP) is 21.2. The van der Waals surface area contributed by atoms with Crippen molar-refractivity contribution in [3.63, 3.8) is 0 Å². The second-order valence-electron chi connectivity index (χ2n) is 21.3. The first-order valence-electron chi connectivity index (χ1n) is 30.4. The maximum atomic E-state index is 8.65. The van der Waals surface area contributed by atoms with E-state index in [-0.39, 0.29) is 25.7 Å². The molecule has 0 aliphatic heterocycles. The summed E-state index contributed by atoms with van der Waals surface area (Å²) in [6, 6.07) is 105. The van der Waals surface area contributed by atoms with E-state index in [4.69, 9.17) is 19.1 Å². The molecule has 0 amide bonds. The van der Waals surface area contributed by atoms with Crippen LogP contribution < -0.4 is 0 Å². The van der Waals surface area contributed by atoms with E-state index < -0.39 is 6.85 Å². The van der Waals surface area contributed by atoms with Crippen LogP contribution in [0.25, 0.3) is 128 Å². The molecule has 1 aliphatic rings. The molecule has 0 fully saturated rings. The Hall–Kier alpha value is -10.5. The summed E-state index contributed by atoms with van der Waals surface area (Å²) in [6.45, 7) is -2.39. The van der Waals surface area contributed by atoms with E-state index in [0.29, 0.717) is 23.2 Å². The van der Waals surface area contributed by atoms with Gasteiger partial charge in [0, 0.05) is 28.3 Å². The van der Waals surface area contributed by atoms with Crippen molar-refractivity contribution in [2.24, 2.45) is 0 Å². The summed E-state index contributed by atoms with van der Waals surface area (Å²) in [4.78, 5) is 14.4. The van der Waals surface area contributed by atoms with Gasteiger partial charge in [-0.2, -0.15) is 0 Å². The zero-order valence-electron chi connectivity index (χ0n) is 50.3. The van der Waals surface area contributed by atoms with Crippen molar-refractivity contribution in [2.45, 2.75) is 13.3 Å². The summed E-state index contributed by atoms with van der Waals surface area (Å²) < 4.78 is 26.0. The van der Waals surface area contributed by atoms with Gasteiger partial charge in [-0.15, -0.1) is 71.3 Å². The molecular weight excluding hydrogens is 1230 g/mol. The molecule has 3 aromatic heterocycles. The van der Waals surface area contributed by atoms with E-state index in [1.165, 1.54) is 0 Å². The summed E-state index contributed by atoms with van der Waals surface area (Å²) in [5.41, 5.74) is 25.4. The number of benzene rings is 10. The number of nitrogens with zero attached hydrogens (tertiary/aromatic N) is 3. The fourth-order valence-electron chi connectivity index (χ4n) is 11.9. The molecule has 0 unspecified atom stereocenters. The van der Waals surface area contributed by atoms with E-state index in [0.717, 1.165) is 128 Å². The van der Waals surface area contributed by atoms with Crippen LogP contribution in [0.4, 0.5) is 0 Å². The van der Waals surface area contributed by atoms with Crippen molar-refractivity contribution in [3.05, 3.63) is 350 Å². The first-order chi connectivity index (χ1) is 43.8. The summed E-state index contributed by atoms with van der Waals surface area (Å²) in [7, 11) is 0. The summed E-state index contributed by atoms with van der Waals surface area (Å²) in [6.07, 6.45) is 13.1. The third-order valence-electron chi connectivity index (χ3n) is 16.1. The minimum Gasteiger partial charge on any atom is -0.305 e. The van der Waals surface area contributed by atoms with Gasteiger partial charge in [-0.3, -0.25) is 0 Å². The monoisotopic (exact) mass is 1290 g/mol. The van der Waals surface area contributed by atoms with Gasteiger partial charge in [0.25, 0.3) is 0 Å². The molecule has 13 aromatic rings. The van der Waals surface area contributed by atoms with Crippen LogP contribution in [0, 0.1) is 25.1 Å². The molecule has 0 saturated carbocycles. The minimum absolute atomic E-state index is 0. The fourth-order valence-corrected chi connectivity index (χ4v) is 11.9. The molecule has 0 spiro atoms. The average molecular weight is 1290 g/mol. The minimum atomic E-state index is -2.39. The maximum Gasteiger partial charge on any atom is 3.00 e. The van der Waals surface area contributed by atoms with Crippen LogP contribution in [0.5, 0.6) is 0 Å². The van der Waals surface area contributed by atoms with Gasteiger partial charge in [-0.25, -0.2) is 0 Å². The molecule has 0 bridgehead atoms. The molecular formula is C83H56IrN3. The van der Waals surface area contributed by atoms with Gasteiger partial charge < -0.3 is 15.0 Å². The van der Waals surface area contributed by atoms with Gasteiger partial charge in [0.15, 0.2) is 0 Å². The molecule has 10 aromatic carbocycles. The Morgan fingerprint density at radius 3 is 1.14 bits per heavy atom. The molecule has 0 radical (unpaired) electrons. The molecule has 3 nitrogen and oxygen atoms in total. The van der Waals surface area contributed by atoms with Crippen molar-refractivity contribution in [2.75, 3.05) is 0 Å².